The van der Waals surface area contributed by atoms with Gasteiger partial charge in [-0.05, 0) is 73.3 Å². The summed E-state index contributed by atoms with van der Waals surface area (Å²) in [6, 6.07) is 0. The summed E-state index contributed by atoms with van der Waals surface area (Å²) in [5.41, 5.74) is 0.803. The van der Waals surface area contributed by atoms with Crippen molar-refractivity contribution in [1.82, 2.24) is 0 Å². The van der Waals surface area contributed by atoms with Gasteiger partial charge in [0.05, 0.1) is 11.5 Å². The van der Waals surface area contributed by atoms with Crippen LogP contribution in [0.1, 0.15) is 47.0 Å². The summed E-state index contributed by atoms with van der Waals surface area (Å²) in [6.45, 7) is 12.5. The first-order valence-electron chi connectivity index (χ1n) is 9.80. The molecule has 146 valence electrons. The molecule has 0 radical (unpaired) electrons. The Kier molecular flexibility index (Phi) is 4.50. The molecule has 0 aromatic carbocycles. The van der Waals surface area contributed by atoms with Crippen LogP contribution in [0.25, 0.3) is 0 Å². The number of esters is 1. The molecule has 0 aromatic heterocycles. The highest BCUT2D eigenvalue weighted by atomic mass is 127. The Morgan fingerprint density at radius 1 is 1.37 bits per heavy atom. The quantitative estimate of drug-likeness (QED) is 0.337. The highest BCUT2D eigenvalue weighted by Crippen LogP contribution is 2.63. The normalized spacial score (nSPS) is 46.1. The van der Waals surface area contributed by atoms with E-state index in [4.69, 9.17) is 9.47 Å². The molecular formula is C22H27IO4. The van der Waals surface area contributed by atoms with Gasteiger partial charge < -0.3 is 9.47 Å². The first-order chi connectivity index (χ1) is 12.7. The summed E-state index contributed by atoms with van der Waals surface area (Å²) in [5.74, 6) is -0.428. The van der Waals surface area contributed by atoms with Gasteiger partial charge in [-0.1, -0.05) is 32.1 Å². The lowest BCUT2D eigenvalue weighted by Gasteiger charge is -2.54. The summed E-state index contributed by atoms with van der Waals surface area (Å²) >= 11 is 2.37. The van der Waals surface area contributed by atoms with Gasteiger partial charge in [0, 0.05) is 14.9 Å². The second kappa shape index (κ2) is 6.28. The van der Waals surface area contributed by atoms with E-state index >= 15 is 0 Å². The van der Waals surface area contributed by atoms with Crippen molar-refractivity contribution in [3.63, 3.8) is 0 Å². The molecule has 27 heavy (non-hydrogen) atoms. The fourth-order valence-electron chi connectivity index (χ4n) is 5.95. The van der Waals surface area contributed by atoms with Gasteiger partial charge in [-0.15, -0.1) is 0 Å². The molecular weight excluding hydrogens is 455 g/mol. The minimum atomic E-state index is -0.780. The minimum Gasteiger partial charge on any atom is -0.458 e. The molecule has 5 heteroatoms. The molecule has 1 aliphatic heterocycles. The van der Waals surface area contributed by atoms with Crippen molar-refractivity contribution in [1.29, 1.82) is 0 Å². The zero-order valence-corrected chi connectivity index (χ0v) is 18.5. The average Bonchev–Trinajstić information content (AvgIpc) is 3.07. The Labute approximate surface area is 174 Å². The standard InChI is InChI=1S/C22H27IO4/c1-6-13-12(3)17(26-14-8-7-11(2)16(14)23)18-19-21(4,20(25)27-18)10-9-15(24)22(13,19)5/h9-10,13-14,17-19H,3,6-8H2,1-2,4-5H3/t13-,14-,17-,18-,19-,21+,22-/m0/s1. The number of hydrogen-bond donors (Lipinski definition) is 0. The van der Waals surface area contributed by atoms with Gasteiger partial charge >= 0.3 is 5.97 Å². The van der Waals surface area contributed by atoms with Crippen LogP contribution in [0.3, 0.4) is 0 Å². The van der Waals surface area contributed by atoms with Crippen LogP contribution in [-0.4, -0.2) is 30.1 Å². The molecule has 1 heterocycles. The third-order valence-electron chi connectivity index (χ3n) is 7.44. The van der Waals surface area contributed by atoms with E-state index in [-0.39, 0.29) is 35.8 Å². The fraction of sp³-hybridized carbons (Fsp3) is 0.636. The largest absolute Gasteiger partial charge is 0.458 e. The van der Waals surface area contributed by atoms with Crippen molar-refractivity contribution in [3.05, 3.63) is 33.5 Å². The van der Waals surface area contributed by atoms with Crippen molar-refractivity contribution in [2.24, 2.45) is 22.7 Å². The van der Waals surface area contributed by atoms with Crippen molar-refractivity contribution in [2.45, 2.75) is 65.3 Å². The predicted octanol–water partition coefficient (Wildman–Crippen LogP) is 4.53. The van der Waals surface area contributed by atoms with Crippen molar-refractivity contribution in [3.8, 4) is 0 Å². The van der Waals surface area contributed by atoms with E-state index in [0.29, 0.717) is 0 Å². The predicted molar refractivity (Wildman–Crippen MR) is 111 cm³/mol. The number of halogens is 1. The van der Waals surface area contributed by atoms with E-state index in [1.165, 1.54) is 9.15 Å². The number of rotatable bonds is 3. The maximum atomic E-state index is 13.0. The fourth-order valence-corrected chi connectivity index (χ4v) is 6.68. The minimum absolute atomic E-state index is 0.0228. The van der Waals surface area contributed by atoms with Crippen LogP contribution in [0.2, 0.25) is 0 Å². The van der Waals surface area contributed by atoms with E-state index in [2.05, 4.69) is 43.0 Å². The highest BCUT2D eigenvalue weighted by molar-refractivity contribution is 14.1. The van der Waals surface area contributed by atoms with Crippen LogP contribution in [0.15, 0.2) is 33.5 Å². The summed E-state index contributed by atoms with van der Waals surface area (Å²) in [5, 5.41) is 0. The molecule has 0 amide bonds. The Balaban J connectivity index is 1.79. The third kappa shape index (κ3) is 2.43. The molecule has 0 aromatic rings. The lowest BCUT2D eigenvalue weighted by Crippen LogP contribution is -2.60. The van der Waals surface area contributed by atoms with Gasteiger partial charge in [0.1, 0.15) is 12.2 Å². The molecule has 4 rings (SSSR count). The molecule has 0 bridgehead atoms. The van der Waals surface area contributed by atoms with Gasteiger partial charge in [0.15, 0.2) is 5.78 Å². The van der Waals surface area contributed by atoms with E-state index < -0.39 is 16.9 Å². The molecule has 7 atom stereocenters. The monoisotopic (exact) mass is 482 g/mol. The van der Waals surface area contributed by atoms with Crippen LogP contribution < -0.4 is 0 Å². The Hall–Kier alpha value is -0.950. The second-order valence-corrected chi connectivity index (χ2v) is 10.0. The lowest BCUT2D eigenvalue weighted by molar-refractivity contribution is -0.157. The maximum Gasteiger partial charge on any atom is 0.316 e. The number of allylic oxidation sites excluding steroid dienone is 2. The lowest BCUT2D eigenvalue weighted by atomic mass is 9.48. The Bertz CT molecular complexity index is 796. The summed E-state index contributed by atoms with van der Waals surface area (Å²) < 4.78 is 13.7. The van der Waals surface area contributed by atoms with E-state index in [1.807, 2.05) is 13.8 Å². The smallest absolute Gasteiger partial charge is 0.316 e. The number of hydrogen-bond acceptors (Lipinski definition) is 4. The SMILES string of the molecule is C=C1[C@H](O[C@H]2CCC(C)=C2I)[C@@H]2OC(=O)[C@]3(C)C=CC(=O)[C@@](C)([C@@H]23)[C@H]1CC. The van der Waals surface area contributed by atoms with Gasteiger partial charge in [-0.3, -0.25) is 9.59 Å². The third-order valence-corrected chi connectivity index (χ3v) is 9.06. The number of ether oxygens (including phenoxy) is 2. The summed E-state index contributed by atoms with van der Waals surface area (Å²) in [7, 11) is 0. The Morgan fingerprint density at radius 3 is 2.67 bits per heavy atom. The molecule has 2 fully saturated rings. The Morgan fingerprint density at radius 2 is 2.07 bits per heavy atom. The van der Waals surface area contributed by atoms with Gasteiger partial charge in [-0.25, -0.2) is 0 Å². The topological polar surface area (TPSA) is 52.6 Å². The van der Waals surface area contributed by atoms with Crippen molar-refractivity contribution in [2.75, 3.05) is 0 Å². The zero-order chi connectivity index (χ0) is 19.7. The number of ketones is 1. The average molecular weight is 482 g/mol. The molecule has 0 N–H and O–H groups in total. The van der Waals surface area contributed by atoms with Crippen LogP contribution >= 0.6 is 22.6 Å². The van der Waals surface area contributed by atoms with Crippen LogP contribution in [0, 0.1) is 22.7 Å². The first-order valence-corrected chi connectivity index (χ1v) is 10.9. The molecule has 3 aliphatic carbocycles. The van der Waals surface area contributed by atoms with Crippen LogP contribution in [-0.2, 0) is 19.1 Å². The van der Waals surface area contributed by atoms with Gasteiger partial charge in [-0.2, -0.15) is 0 Å². The van der Waals surface area contributed by atoms with Gasteiger partial charge in [0.25, 0.3) is 0 Å². The van der Waals surface area contributed by atoms with Crippen LogP contribution in [0.5, 0.6) is 0 Å². The van der Waals surface area contributed by atoms with E-state index in [9.17, 15) is 9.59 Å². The highest BCUT2D eigenvalue weighted by Gasteiger charge is 2.70. The van der Waals surface area contributed by atoms with Crippen LogP contribution in [0.4, 0.5) is 0 Å². The first kappa shape index (κ1) is 19.4. The number of carbonyl (C=O) groups excluding carboxylic acids is 2. The molecule has 4 nitrogen and oxygen atoms in total. The number of carbonyl (C=O) groups is 2. The van der Waals surface area contributed by atoms with Crippen molar-refractivity contribution < 1.29 is 19.1 Å². The molecule has 0 spiro atoms. The second-order valence-electron chi connectivity index (χ2n) is 8.86. The van der Waals surface area contributed by atoms with Gasteiger partial charge in [0.2, 0.25) is 0 Å². The maximum absolute atomic E-state index is 13.0. The summed E-state index contributed by atoms with van der Waals surface area (Å²) in [4.78, 5) is 25.9. The molecule has 1 saturated heterocycles. The molecule has 0 unspecified atom stereocenters. The van der Waals surface area contributed by atoms with Crippen molar-refractivity contribution >= 4 is 34.3 Å². The molecule has 4 aliphatic rings. The zero-order valence-electron chi connectivity index (χ0n) is 16.4. The molecule has 1 saturated carbocycles. The summed E-state index contributed by atoms with van der Waals surface area (Å²) in [6.07, 6.45) is 5.32. The van der Waals surface area contributed by atoms with E-state index in [0.717, 1.165) is 24.8 Å². The van der Waals surface area contributed by atoms with E-state index in [1.54, 1.807) is 12.2 Å².